The van der Waals surface area contributed by atoms with E-state index in [4.69, 9.17) is 4.74 Å². The monoisotopic (exact) mass is 238 g/mol. The molecule has 3 fully saturated rings. The van der Waals surface area contributed by atoms with Gasteiger partial charge in [-0.1, -0.05) is 6.92 Å². The highest BCUT2D eigenvalue weighted by molar-refractivity contribution is 4.99. The molecule has 3 rings (SSSR count). The van der Waals surface area contributed by atoms with Crippen molar-refractivity contribution in [2.75, 3.05) is 19.7 Å². The van der Waals surface area contributed by atoms with Gasteiger partial charge in [-0.2, -0.15) is 0 Å². The molecule has 5 unspecified atom stereocenters. The molecule has 3 aliphatic rings. The van der Waals surface area contributed by atoms with Crippen LogP contribution in [0.3, 0.4) is 0 Å². The van der Waals surface area contributed by atoms with Crippen molar-refractivity contribution in [3.63, 3.8) is 0 Å². The lowest BCUT2D eigenvalue weighted by Crippen LogP contribution is -2.51. The van der Waals surface area contributed by atoms with Crippen LogP contribution in [0.1, 0.15) is 39.5 Å². The molecule has 0 spiro atoms. The first-order chi connectivity index (χ1) is 8.26. The van der Waals surface area contributed by atoms with Gasteiger partial charge >= 0.3 is 0 Å². The van der Waals surface area contributed by atoms with E-state index in [1.165, 1.54) is 32.2 Å². The van der Waals surface area contributed by atoms with E-state index < -0.39 is 0 Å². The number of ether oxygens (including phenoxy) is 1. The Morgan fingerprint density at radius 3 is 2.88 bits per heavy atom. The largest absolute Gasteiger partial charge is 0.376 e. The van der Waals surface area contributed by atoms with Crippen LogP contribution in [0, 0.1) is 5.92 Å². The maximum atomic E-state index is 5.78. The van der Waals surface area contributed by atoms with E-state index in [2.05, 4.69) is 24.1 Å². The van der Waals surface area contributed by atoms with Crippen LogP contribution < -0.4 is 5.32 Å². The minimum absolute atomic E-state index is 0.421. The molecule has 0 radical (unpaired) electrons. The second kappa shape index (κ2) is 4.87. The summed E-state index contributed by atoms with van der Waals surface area (Å²) < 4.78 is 5.78. The molecule has 2 bridgehead atoms. The van der Waals surface area contributed by atoms with Gasteiger partial charge in [0.25, 0.3) is 0 Å². The number of nitrogens with one attached hydrogen (secondary N) is 1. The van der Waals surface area contributed by atoms with Gasteiger partial charge in [-0.05, 0) is 38.5 Å². The maximum absolute atomic E-state index is 5.78. The van der Waals surface area contributed by atoms with Crippen LogP contribution in [0.15, 0.2) is 0 Å². The fourth-order valence-electron chi connectivity index (χ4n) is 3.95. The number of rotatable bonds is 3. The molecule has 3 heterocycles. The second-order valence-corrected chi connectivity index (χ2v) is 6.20. The molecule has 1 N–H and O–H groups in total. The Balaban J connectivity index is 1.59. The molecule has 3 saturated heterocycles. The Labute approximate surface area is 105 Å². The lowest BCUT2D eigenvalue weighted by atomic mass is 9.88. The molecule has 3 heteroatoms. The molecule has 5 atom stereocenters. The number of morpholine rings is 1. The molecule has 0 aromatic heterocycles. The first-order valence-corrected chi connectivity index (χ1v) is 7.38. The average Bonchev–Trinajstić information content (AvgIpc) is 2.91. The molecule has 3 nitrogen and oxygen atoms in total. The minimum Gasteiger partial charge on any atom is -0.376 e. The van der Waals surface area contributed by atoms with E-state index in [9.17, 15) is 0 Å². The van der Waals surface area contributed by atoms with Crippen LogP contribution in [0.25, 0.3) is 0 Å². The number of fused-ring (bicyclic) bond motifs is 2. The third-order valence-corrected chi connectivity index (χ3v) is 4.95. The van der Waals surface area contributed by atoms with E-state index in [0.29, 0.717) is 12.1 Å². The molecule has 0 aliphatic carbocycles. The van der Waals surface area contributed by atoms with Crippen molar-refractivity contribution < 1.29 is 4.74 Å². The normalized spacial score (nSPS) is 46.6. The van der Waals surface area contributed by atoms with E-state index in [0.717, 1.165) is 31.2 Å². The first kappa shape index (κ1) is 11.9. The Hall–Kier alpha value is -0.120. The van der Waals surface area contributed by atoms with Crippen LogP contribution >= 0.6 is 0 Å². The van der Waals surface area contributed by atoms with Crippen LogP contribution in [0.4, 0.5) is 0 Å². The van der Waals surface area contributed by atoms with Crippen molar-refractivity contribution >= 4 is 0 Å². The Bertz CT molecular complexity index is 271. The van der Waals surface area contributed by atoms with Gasteiger partial charge in [-0.3, -0.25) is 4.90 Å². The molecule has 0 aromatic carbocycles. The molecule has 17 heavy (non-hydrogen) atoms. The van der Waals surface area contributed by atoms with Gasteiger partial charge in [0, 0.05) is 31.2 Å². The fourth-order valence-corrected chi connectivity index (χ4v) is 3.95. The summed E-state index contributed by atoms with van der Waals surface area (Å²) in [5.41, 5.74) is 0. The predicted molar refractivity (Wildman–Crippen MR) is 69.1 cm³/mol. The number of hydrogen-bond acceptors (Lipinski definition) is 3. The molecule has 0 aromatic rings. The summed E-state index contributed by atoms with van der Waals surface area (Å²) in [5.74, 6) is 0.896. The Morgan fingerprint density at radius 2 is 2.24 bits per heavy atom. The summed E-state index contributed by atoms with van der Waals surface area (Å²) in [4.78, 5) is 2.70. The summed E-state index contributed by atoms with van der Waals surface area (Å²) in [7, 11) is 0. The van der Waals surface area contributed by atoms with Gasteiger partial charge in [0.05, 0.1) is 12.7 Å². The van der Waals surface area contributed by atoms with E-state index in [1.807, 2.05) is 0 Å². The minimum atomic E-state index is 0.421. The van der Waals surface area contributed by atoms with Gasteiger partial charge in [-0.15, -0.1) is 0 Å². The molecular weight excluding hydrogens is 212 g/mol. The van der Waals surface area contributed by atoms with E-state index in [-0.39, 0.29) is 0 Å². The van der Waals surface area contributed by atoms with Crippen LogP contribution in [0.5, 0.6) is 0 Å². The molecule has 0 amide bonds. The second-order valence-electron chi connectivity index (χ2n) is 6.20. The van der Waals surface area contributed by atoms with Crippen molar-refractivity contribution in [1.29, 1.82) is 0 Å². The molecule has 98 valence electrons. The summed E-state index contributed by atoms with van der Waals surface area (Å²) in [6.45, 7) is 7.85. The standard InChI is InChI=1S/C14H26N2O/c1-3-13-9-17-10(2)7-16(13)8-11-6-12-4-5-14(11)15-12/h10-15H,3-9H2,1-2H3. The van der Waals surface area contributed by atoms with Crippen molar-refractivity contribution in [3.05, 3.63) is 0 Å². The topological polar surface area (TPSA) is 24.5 Å². The van der Waals surface area contributed by atoms with Crippen LogP contribution in [-0.2, 0) is 4.74 Å². The Kier molecular flexibility index (Phi) is 3.42. The molecule has 3 aliphatic heterocycles. The van der Waals surface area contributed by atoms with E-state index in [1.54, 1.807) is 0 Å². The zero-order valence-electron chi connectivity index (χ0n) is 11.2. The van der Waals surface area contributed by atoms with Crippen molar-refractivity contribution in [2.45, 2.75) is 63.8 Å². The van der Waals surface area contributed by atoms with Gasteiger partial charge in [0.1, 0.15) is 0 Å². The maximum Gasteiger partial charge on any atom is 0.0674 e. The molecule has 0 saturated carbocycles. The first-order valence-electron chi connectivity index (χ1n) is 7.38. The molecular formula is C14H26N2O. The zero-order chi connectivity index (χ0) is 11.8. The summed E-state index contributed by atoms with van der Waals surface area (Å²) in [5, 5.41) is 3.75. The smallest absolute Gasteiger partial charge is 0.0674 e. The summed E-state index contributed by atoms with van der Waals surface area (Å²) in [6, 6.07) is 2.31. The van der Waals surface area contributed by atoms with Crippen molar-refractivity contribution in [2.24, 2.45) is 5.92 Å². The Morgan fingerprint density at radius 1 is 1.35 bits per heavy atom. The average molecular weight is 238 g/mol. The number of hydrogen-bond donors (Lipinski definition) is 1. The van der Waals surface area contributed by atoms with Crippen LogP contribution in [0.2, 0.25) is 0 Å². The quantitative estimate of drug-likeness (QED) is 0.809. The van der Waals surface area contributed by atoms with Crippen molar-refractivity contribution in [1.82, 2.24) is 10.2 Å². The third-order valence-electron chi connectivity index (χ3n) is 4.95. The highest BCUT2D eigenvalue weighted by Gasteiger charge is 2.40. The summed E-state index contributed by atoms with van der Waals surface area (Å²) >= 11 is 0. The predicted octanol–water partition coefficient (Wildman–Crippen LogP) is 1.63. The fraction of sp³-hybridized carbons (Fsp3) is 1.00. The lowest BCUT2D eigenvalue weighted by molar-refractivity contribution is -0.0615. The van der Waals surface area contributed by atoms with Gasteiger partial charge in [0.2, 0.25) is 0 Å². The highest BCUT2D eigenvalue weighted by atomic mass is 16.5. The summed E-state index contributed by atoms with van der Waals surface area (Å²) in [6.07, 6.45) is 5.88. The lowest BCUT2D eigenvalue weighted by Gasteiger charge is -2.40. The third kappa shape index (κ3) is 2.38. The zero-order valence-corrected chi connectivity index (χ0v) is 11.2. The van der Waals surface area contributed by atoms with Gasteiger partial charge < -0.3 is 10.1 Å². The van der Waals surface area contributed by atoms with Crippen LogP contribution in [-0.4, -0.2) is 48.8 Å². The SMILES string of the molecule is CCC1COC(C)CN1CC1CC2CCC1N2. The van der Waals surface area contributed by atoms with E-state index >= 15 is 0 Å². The van der Waals surface area contributed by atoms with Gasteiger partial charge in [0.15, 0.2) is 0 Å². The van der Waals surface area contributed by atoms with Crippen molar-refractivity contribution in [3.8, 4) is 0 Å². The number of nitrogens with zero attached hydrogens (tertiary/aromatic N) is 1. The highest BCUT2D eigenvalue weighted by Crippen LogP contribution is 2.34. The van der Waals surface area contributed by atoms with Gasteiger partial charge in [-0.25, -0.2) is 0 Å².